The molecular formula is C23H26N2OS. The van der Waals surface area contributed by atoms with Crippen LogP contribution in [0.4, 0.5) is 0 Å². The van der Waals surface area contributed by atoms with Gasteiger partial charge in [0.25, 0.3) is 0 Å². The maximum atomic E-state index is 13.0. The van der Waals surface area contributed by atoms with Crippen molar-refractivity contribution in [3.8, 4) is 0 Å². The van der Waals surface area contributed by atoms with E-state index in [2.05, 4.69) is 31.5 Å². The third-order valence-electron chi connectivity index (χ3n) is 4.49. The van der Waals surface area contributed by atoms with Crippen LogP contribution in [0.1, 0.15) is 48.5 Å². The van der Waals surface area contributed by atoms with E-state index < -0.39 is 0 Å². The first kappa shape index (κ1) is 19.3. The molecule has 0 aliphatic heterocycles. The second-order valence-corrected chi connectivity index (χ2v) is 8.61. The van der Waals surface area contributed by atoms with Gasteiger partial charge in [0, 0.05) is 23.8 Å². The zero-order valence-electron chi connectivity index (χ0n) is 16.1. The summed E-state index contributed by atoms with van der Waals surface area (Å²) in [6.07, 6.45) is 0.753. The summed E-state index contributed by atoms with van der Waals surface area (Å²) in [5.41, 5.74) is 3.18. The molecule has 27 heavy (non-hydrogen) atoms. The fourth-order valence-electron chi connectivity index (χ4n) is 2.95. The molecule has 1 N–H and O–H groups in total. The highest BCUT2D eigenvalue weighted by atomic mass is 32.1. The molecule has 4 heteroatoms. The molecule has 0 saturated heterocycles. The molecule has 0 radical (unpaired) electrons. The average molecular weight is 379 g/mol. The first-order valence-electron chi connectivity index (χ1n) is 9.27. The Morgan fingerprint density at radius 3 is 2.04 bits per heavy atom. The fraction of sp³-hybridized carbons (Fsp3) is 0.304. The van der Waals surface area contributed by atoms with Crippen molar-refractivity contribution in [1.82, 2.24) is 10.3 Å². The third-order valence-corrected chi connectivity index (χ3v) is 5.39. The van der Waals surface area contributed by atoms with E-state index in [0.717, 1.165) is 28.2 Å². The molecular weight excluding hydrogens is 352 g/mol. The summed E-state index contributed by atoms with van der Waals surface area (Å²) >= 11 is 1.67. The van der Waals surface area contributed by atoms with E-state index in [9.17, 15) is 4.79 Å². The van der Waals surface area contributed by atoms with Crippen LogP contribution in [-0.2, 0) is 16.6 Å². The number of carbonyl (C=O) groups is 1. The summed E-state index contributed by atoms with van der Waals surface area (Å²) in [5.74, 6) is -0.270. The van der Waals surface area contributed by atoms with E-state index in [-0.39, 0.29) is 17.2 Å². The van der Waals surface area contributed by atoms with Crippen molar-refractivity contribution in [3.63, 3.8) is 0 Å². The van der Waals surface area contributed by atoms with Crippen LogP contribution in [0.25, 0.3) is 0 Å². The topological polar surface area (TPSA) is 42.0 Å². The predicted octanol–water partition coefficient (Wildman–Crippen LogP) is 4.93. The minimum absolute atomic E-state index is 0.0278. The average Bonchev–Trinajstić information content (AvgIpc) is 3.13. The molecule has 140 valence electrons. The van der Waals surface area contributed by atoms with Gasteiger partial charge in [-0.05, 0) is 11.1 Å². The molecule has 0 bridgehead atoms. The Balaban J connectivity index is 1.68. The summed E-state index contributed by atoms with van der Waals surface area (Å²) in [5, 5.41) is 6.29. The van der Waals surface area contributed by atoms with Crippen molar-refractivity contribution in [2.75, 3.05) is 6.54 Å². The van der Waals surface area contributed by atoms with Crippen molar-refractivity contribution < 1.29 is 4.79 Å². The summed E-state index contributed by atoms with van der Waals surface area (Å²) < 4.78 is 0. The van der Waals surface area contributed by atoms with Crippen LogP contribution in [-0.4, -0.2) is 17.4 Å². The summed E-state index contributed by atoms with van der Waals surface area (Å²) in [6, 6.07) is 19.9. The highest BCUT2D eigenvalue weighted by Crippen LogP contribution is 2.25. The first-order valence-corrected chi connectivity index (χ1v) is 10.2. The predicted molar refractivity (Wildman–Crippen MR) is 112 cm³/mol. The lowest BCUT2D eigenvalue weighted by Crippen LogP contribution is -2.31. The van der Waals surface area contributed by atoms with Gasteiger partial charge in [0.2, 0.25) is 5.91 Å². The molecule has 0 aliphatic carbocycles. The first-order chi connectivity index (χ1) is 12.9. The number of benzene rings is 2. The zero-order valence-corrected chi connectivity index (χ0v) is 16.9. The highest BCUT2D eigenvalue weighted by molar-refractivity contribution is 7.09. The molecule has 3 rings (SSSR count). The Hall–Kier alpha value is -2.46. The van der Waals surface area contributed by atoms with Gasteiger partial charge in [-0.2, -0.15) is 0 Å². The Morgan fingerprint density at radius 1 is 1.00 bits per heavy atom. The second-order valence-electron chi connectivity index (χ2n) is 7.67. The van der Waals surface area contributed by atoms with Gasteiger partial charge in [-0.3, -0.25) is 4.79 Å². The number of amides is 1. The van der Waals surface area contributed by atoms with Gasteiger partial charge in [0.1, 0.15) is 0 Å². The molecule has 2 aromatic carbocycles. The fourth-order valence-corrected chi connectivity index (χ4v) is 3.98. The monoisotopic (exact) mass is 378 g/mol. The van der Waals surface area contributed by atoms with Gasteiger partial charge in [-0.25, -0.2) is 4.98 Å². The van der Waals surface area contributed by atoms with E-state index >= 15 is 0 Å². The van der Waals surface area contributed by atoms with Crippen LogP contribution in [0.15, 0.2) is 66.0 Å². The SMILES string of the molecule is CC(C)(C)c1csc(CCNC(=O)C(c2ccccc2)c2ccccc2)n1. The van der Waals surface area contributed by atoms with E-state index in [1.54, 1.807) is 11.3 Å². The van der Waals surface area contributed by atoms with Gasteiger partial charge in [-0.1, -0.05) is 81.4 Å². The molecule has 0 saturated carbocycles. The largest absolute Gasteiger partial charge is 0.355 e. The van der Waals surface area contributed by atoms with Crippen LogP contribution in [0.5, 0.6) is 0 Å². The number of aromatic nitrogens is 1. The van der Waals surface area contributed by atoms with Crippen molar-refractivity contribution in [2.24, 2.45) is 0 Å². The van der Waals surface area contributed by atoms with E-state index in [1.807, 2.05) is 60.7 Å². The van der Waals surface area contributed by atoms with Crippen LogP contribution >= 0.6 is 11.3 Å². The van der Waals surface area contributed by atoms with Crippen molar-refractivity contribution in [1.29, 1.82) is 0 Å². The Labute approximate surface area is 165 Å². The summed E-state index contributed by atoms with van der Waals surface area (Å²) in [7, 11) is 0. The smallest absolute Gasteiger partial charge is 0.232 e. The van der Waals surface area contributed by atoms with Crippen molar-refractivity contribution in [3.05, 3.63) is 87.9 Å². The number of hydrogen-bond acceptors (Lipinski definition) is 3. The van der Waals surface area contributed by atoms with Crippen LogP contribution in [0.3, 0.4) is 0 Å². The molecule has 1 amide bonds. The van der Waals surface area contributed by atoms with Gasteiger partial charge in [0.15, 0.2) is 0 Å². The quantitative estimate of drug-likeness (QED) is 0.661. The van der Waals surface area contributed by atoms with Gasteiger partial charge in [0.05, 0.1) is 16.6 Å². The number of rotatable bonds is 6. The summed E-state index contributed by atoms with van der Waals surface area (Å²) in [4.78, 5) is 17.7. The normalized spacial score (nSPS) is 11.6. The van der Waals surface area contributed by atoms with Crippen LogP contribution in [0.2, 0.25) is 0 Å². The molecule has 0 unspecified atom stereocenters. The number of hydrogen-bond donors (Lipinski definition) is 1. The number of nitrogens with one attached hydrogen (secondary N) is 1. The van der Waals surface area contributed by atoms with Gasteiger partial charge >= 0.3 is 0 Å². The number of carbonyl (C=O) groups excluding carboxylic acids is 1. The molecule has 0 aliphatic rings. The van der Waals surface area contributed by atoms with Crippen molar-refractivity contribution in [2.45, 2.75) is 38.5 Å². The van der Waals surface area contributed by atoms with Gasteiger partial charge < -0.3 is 5.32 Å². The summed E-state index contributed by atoms with van der Waals surface area (Å²) in [6.45, 7) is 7.08. The lowest BCUT2D eigenvalue weighted by Gasteiger charge is -2.18. The van der Waals surface area contributed by atoms with E-state index in [1.165, 1.54) is 0 Å². The third kappa shape index (κ3) is 5.04. The molecule has 0 spiro atoms. The molecule has 0 fully saturated rings. The lowest BCUT2D eigenvalue weighted by molar-refractivity contribution is -0.121. The Kier molecular flexibility index (Phi) is 6.07. The van der Waals surface area contributed by atoms with Crippen LogP contribution in [0, 0.1) is 0 Å². The Bertz CT molecular complexity index is 827. The van der Waals surface area contributed by atoms with E-state index in [4.69, 9.17) is 4.98 Å². The maximum Gasteiger partial charge on any atom is 0.232 e. The maximum absolute atomic E-state index is 13.0. The molecule has 0 atom stereocenters. The highest BCUT2D eigenvalue weighted by Gasteiger charge is 2.22. The van der Waals surface area contributed by atoms with Crippen LogP contribution < -0.4 is 5.32 Å². The molecule has 3 nitrogen and oxygen atoms in total. The molecule has 1 aromatic heterocycles. The molecule has 1 heterocycles. The molecule has 3 aromatic rings. The minimum atomic E-state index is -0.297. The zero-order chi connectivity index (χ0) is 19.3. The van der Waals surface area contributed by atoms with Gasteiger partial charge in [-0.15, -0.1) is 11.3 Å². The Morgan fingerprint density at radius 2 is 1.56 bits per heavy atom. The second kappa shape index (κ2) is 8.49. The standard InChI is InChI=1S/C23H26N2OS/c1-23(2,3)19-16-27-20(25-19)14-15-24-22(26)21(17-10-6-4-7-11-17)18-12-8-5-9-13-18/h4-13,16,21H,14-15H2,1-3H3,(H,24,26). The lowest BCUT2D eigenvalue weighted by atomic mass is 9.90. The number of nitrogens with zero attached hydrogens (tertiary/aromatic N) is 1. The minimum Gasteiger partial charge on any atom is -0.355 e. The van der Waals surface area contributed by atoms with E-state index in [0.29, 0.717) is 6.54 Å². The number of thiazole rings is 1. The van der Waals surface area contributed by atoms with Crippen molar-refractivity contribution >= 4 is 17.2 Å².